The van der Waals surface area contributed by atoms with E-state index < -0.39 is 18.5 Å². The van der Waals surface area contributed by atoms with E-state index in [9.17, 15) is 14.4 Å². The number of para-hydroxylation sites is 1. The highest BCUT2D eigenvalue weighted by atomic mass is 35.5. The number of hydrogen-bond acceptors (Lipinski definition) is 4. The lowest BCUT2D eigenvalue weighted by Gasteiger charge is -2.11. The first-order chi connectivity index (χ1) is 16.9. The minimum Gasteiger partial charge on any atom is -0.452 e. The number of amides is 2. The van der Waals surface area contributed by atoms with Crippen molar-refractivity contribution in [1.82, 2.24) is 0 Å². The van der Waals surface area contributed by atoms with Crippen LogP contribution in [0.4, 0.5) is 11.4 Å². The van der Waals surface area contributed by atoms with Gasteiger partial charge in [-0.2, -0.15) is 0 Å². The second-order valence-corrected chi connectivity index (χ2v) is 9.26. The van der Waals surface area contributed by atoms with Crippen LogP contribution in [0, 0.1) is 0 Å². The van der Waals surface area contributed by atoms with E-state index in [2.05, 4.69) is 17.6 Å². The Kier molecular flexibility index (Phi) is 13.2. The van der Waals surface area contributed by atoms with Gasteiger partial charge < -0.3 is 15.4 Å². The predicted octanol–water partition coefficient (Wildman–Crippen LogP) is 7.65. The van der Waals surface area contributed by atoms with E-state index >= 15 is 0 Å². The van der Waals surface area contributed by atoms with E-state index in [4.69, 9.17) is 27.9 Å². The Hall–Kier alpha value is -2.57. The van der Waals surface area contributed by atoms with Crippen LogP contribution in [0.25, 0.3) is 0 Å². The molecule has 0 unspecified atom stereocenters. The highest BCUT2D eigenvalue weighted by molar-refractivity contribution is 6.36. The molecule has 2 aromatic rings. The highest BCUT2D eigenvalue weighted by Crippen LogP contribution is 2.25. The smallest absolute Gasteiger partial charge is 0.340 e. The van der Waals surface area contributed by atoms with Gasteiger partial charge in [-0.15, -0.1) is 0 Å². The van der Waals surface area contributed by atoms with Gasteiger partial charge in [0.1, 0.15) is 0 Å². The summed E-state index contributed by atoms with van der Waals surface area (Å²) in [6, 6.07) is 11.2. The molecule has 0 aliphatic rings. The minimum absolute atomic E-state index is 0.150. The summed E-state index contributed by atoms with van der Waals surface area (Å²) in [6.45, 7) is 1.71. The van der Waals surface area contributed by atoms with Crippen LogP contribution in [0.15, 0.2) is 42.5 Å². The fraction of sp³-hybridized carbons (Fsp3) is 0.444. The first-order valence-corrected chi connectivity index (χ1v) is 13.0. The molecule has 190 valence electrons. The van der Waals surface area contributed by atoms with Gasteiger partial charge in [0, 0.05) is 11.4 Å². The number of halogens is 2. The summed E-state index contributed by atoms with van der Waals surface area (Å²) in [5.41, 5.74) is 0.908. The summed E-state index contributed by atoms with van der Waals surface area (Å²) in [4.78, 5) is 37.1. The molecule has 8 heteroatoms. The lowest BCUT2D eigenvalue weighted by molar-refractivity contribution is -0.119. The van der Waals surface area contributed by atoms with Crippen molar-refractivity contribution in [1.29, 1.82) is 0 Å². The van der Waals surface area contributed by atoms with Crippen LogP contribution in [0.2, 0.25) is 10.0 Å². The second kappa shape index (κ2) is 16.2. The molecule has 0 saturated carbocycles. The number of benzene rings is 2. The zero-order valence-electron chi connectivity index (χ0n) is 20.2. The monoisotopic (exact) mass is 520 g/mol. The van der Waals surface area contributed by atoms with Crippen LogP contribution < -0.4 is 10.6 Å². The molecular formula is C27H34Cl2N2O4. The van der Waals surface area contributed by atoms with Crippen molar-refractivity contribution < 1.29 is 19.1 Å². The molecule has 2 rings (SSSR count). The van der Waals surface area contributed by atoms with Gasteiger partial charge >= 0.3 is 5.97 Å². The van der Waals surface area contributed by atoms with Gasteiger partial charge in [0.05, 0.1) is 22.0 Å². The quantitative estimate of drug-likeness (QED) is 0.186. The van der Waals surface area contributed by atoms with E-state index in [0.29, 0.717) is 22.8 Å². The molecule has 2 N–H and O–H groups in total. The molecule has 0 spiro atoms. The van der Waals surface area contributed by atoms with Gasteiger partial charge in [-0.25, -0.2) is 4.79 Å². The van der Waals surface area contributed by atoms with Gasteiger partial charge in [0.2, 0.25) is 5.91 Å². The van der Waals surface area contributed by atoms with Gasteiger partial charge in [-0.3, -0.25) is 9.59 Å². The van der Waals surface area contributed by atoms with E-state index in [0.717, 1.165) is 19.3 Å². The van der Waals surface area contributed by atoms with Crippen molar-refractivity contribution in [2.45, 2.75) is 71.1 Å². The van der Waals surface area contributed by atoms with Gasteiger partial charge in [-0.05, 0) is 36.8 Å². The number of carbonyl (C=O) groups excluding carboxylic acids is 3. The molecule has 0 radical (unpaired) electrons. The van der Waals surface area contributed by atoms with Crippen LogP contribution in [0.3, 0.4) is 0 Å². The summed E-state index contributed by atoms with van der Waals surface area (Å²) in [5.74, 6) is -1.40. The molecule has 0 aromatic heterocycles. The Balaban J connectivity index is 1.75. The third-order valence-electron chi connectivity index (χ3n) is 5.47. The summed E-state index contributed by atoms with van der Waals surface area (Å²) < 4.78 is 5.14. The van der Waals surface area contributed by atoms with Crippen molar-refractivity contribution in [2.24, 2.45) is 0 Å². The number of rotatable bonds is 15. The van der Waals surface area contributed by atoms with E-state index in [1.807, 2.05) is 0 Å². The summed E-state index contributed by atoms with van der Waals surface area (Å²) in [7, 11) is 0. The van der Waals surface area contributed by atoms with Crippen LogP contribution >= 0.6 is 23.2 Å². The summed E-state index contributed by atoms with van der Waals surface area (Å²) in [6.07, 6.45) is 11.0. The third kappa shape index (κ3) is 11.1. The molecule has 6 nitrogen and oxygen atoms in total. The number of anilines is 2. The maximum atomic E-state index is 12.5. The Morgan fingerprint density at radius 2 is 1.40 bits per heavy atom. The number of hydrogen-bond donors (Lipinski definition) is 2. The van der Waals surface area contributed by atoms with Crippen molar-refractivity contribution in [2.75, 3.05) is 17.2 Å². The molecule has 0 atom stereocenters. The Labute approximate surface area is 217 Å². The maximum Gasteiger partial charge on any atom is 0.340 e. The third-order valence-corrected chi connectivity index (χ3v) is 6.02. The van der Waals surface area contributed by atoms with Crippen LogP contribution in [0.5, 0.6) is 0 Å². The average Bonchev–Trinajstić information content (AvgIpc) is 2.83. The number of nitrogens with one attached hydrogen (secondary N) is 2. The predicted molar refractivity (Wildman–Crippen MR) is 142 cm³/mol. The molecule has 0 heterocycles. The van der Waals surface area contributed by atoms with Crippen LogP contribution in [-0.4, -0.2) is 24.4 Å². The van der Waals surface area contributed by atoms with Gasteiger partial charge in [-0.1, -0.05) is 93.6 Å². The van der Waals surface area contributed by atoms with Crippen LogP contribution in [0.1, 0.15) is 81.5 Å². The number of esters is 1. The lowest BCUT2D eigenvalue weighted by atomic mass is 10.1. The van der Waals surface area contributed by atoms with E-state index in [-0.39, 0.29) is 16.5 Å². The largest absolute Gasteiger partial charge is 0.452 e. The summed E-state index contributed by atoms with van der Waals surface area (Å²) >= 11 is 11.9. The molecule has 35 heavy (non-hydrogen) atoms. The second-order valence-electron chi connectivity index (χ2n) is 8.42. The number of unbranched alkanes of at least 4 members (excludes halogenated alkanes) is 8. The minimum atomic E-state index is -0.707. The normalized spacial score (nSPS) is 10.6. The average molecular weight is 521 g/mol. The molecule has 0 saturated heterocycles. The van der Waals surface area contributed by atoms with E-state index in [1.165, 1.54) is 44.6 Å². The standard InChI is InChI=1S/C27H34Cl2N2O4/c1-2-3-4-5-6-7-8-9-10-15-25(32)30-23-14-12-11-13-21(23)27(34)35-19-26(33)31-24-17-16-20(28)18-22(24)29/h11-14,16-18H,2-10,15,19H2,1H3,(H,30,32)(H,31,33). The Morgan fingerprint density at radius 3 is 2.09 bits per heavy atom. The number of carbonyl (C=O) groups is 3. The van der Waals surface area contributed by atoms with Gasteiger partial charge in [0.25, 0.3) is 5.91 Å². The molecule has 0 fully saturated rings. The molecular weight excluding hydrogens is 487 g/mol. The van der Waals surface area contributed by atoms with Crippen molar-refractivity contribution >= 4 is 52.4 Å². The zero-order valence-corrected chi connectivity index (χ0v) is 21.7. The van der Waals surface area contributed by atoms with Crippen molar-refractivity contribution in [3.63, 3.8) is 0 Å². The van der Waals surface area contributed by atoms with Crippen LogP contribution in [-0.2, 0) is 14.3 Å². The molecule has 0 aliphatic carbocycles. The fourth-order valence-electron chi connectivity index (χ4n) is 3.57. The SMILES string of the molecule is CCCCCCCCCCCC(=O)Nc1ccccc1C(=O)OCC(=O)Nc1ccc(Cl)cc1Cl. The maximum absolute atomic E-state index is 12.5. The Morgan fingerprint density at radius 1 is 0.771 bits per heavy atom. The lowest BCUT2D eigenvalue weighted by Crippen LogP contribution is -2.22. The first-order valence-electron chi connectivity index (χ1n) is 12.2. The van der Waals surface area contributed by atoms with E-state index in [1.54, 1.807) is 36.4 Å². The topological polar surface area (TPSA) is 84.5 Å². The summed E-state index contributed by atoms with van der Waals surface area (Å²) in [5, 5.41) is 6.07. The molecule has 2 aromatic carbocycles. The Bertz CT molecular complexity index is 981. The molecule has 2 amide bonds. The first kappa shape index (κ1) is 28.7. The van der Waals surface area contributed by atoms with Crippen molar-refractivity contribution in [3.8, 4) is 0 Å². The number of ether oxygens (including phenoxy) is 1. The molecule has 0 aliphatic heterocycles. The van der Waals surface area contributed by atoms with Crippen molar-refractivity contribution in [3.05, 3.63) is 58.1 Å². The van der Waals surface area contributed by atoms with Gasteiger partial charge in [0.15, 0.2) is 6.61 Å². The molecule has 0 bridgehead atoms. The highest BCUT2D eigenvalue weighted by Gasteiger charge is 2.16. The fourth-order valence-corrected chi connectivity index (χ4v) is 4.02. The zero-order chi connectivity index (χ0) is 25.5.